The lowest BCUT2D eigenvalue weighted by Crippen LogP contribution is -2.17. The average molecular weight is 338 g/mol. The Hall–Kier alpha value is -2.82. The Morgan fingerprint density at radius 3 is 2.76 bits per heavy atom. The maximum atomic E-state index is 11.9. The highest BCUT2D eigenvalue weighted by molar-refractivity contribution is 5.91. The number of ether oxygens (including phenoxy) is 1. The van der Waals surface area contributed by atoms with Gasteiger partial charge in [-0.25, -0.2) is 0 Å². The second kappa shape index (κ2) is 8.33. The molecule has 3 rings (SSSR count). The number of carbonyl (C=O) groups is 1. The predicted octanol–water partition coefficient (Wildman–Crippen LogP) is 3.56. The van der Waals surface area contributed by atoms with E-state index in [9.17, 15) is 4.79 Å². The minimum Gasteiger partial charge on any atom is -0.494 e. The van der Waals surface area contributed by atoms with Crippen molar-refractivity contribution in [2.75, 3.05) is 18.5 Å². The molecule has 5 heteroatoms. The van der Waals surface area contributed by atoms with E-state index in [1.165, 1.54) is 17.5 Å². The van der Waals surface area contributed by atoms with Crippen molar-refractivity contribution >= 4 is 17.8 Å². The number of oxime groups is 1. The fourth-order valence-corrected chi connectivity index (χ4v) is 2.86. The van der Waals surface area contributed by atoms with E-state index >= 15 is 0 Å². The number of rotatable bonds is 7. The monoisotopic (exact) mass is 338 g/mol. The van der Waals surface area contributed by atoms with Crippen LogP contribution in [0, 0.1) is 0 Å². The van der Waals surface area contributed by atoms with Crippen molar-refractivity contribution in [3.8, 4) is 5.75 Å². The average Bonchev–Trinajstić information content (AvgIpc) is 3.08. The van der Waals surface area contributed by atoms with Gasteiger partial charge in [-0.3, -0.25) is 4.79 Å². The van der Waals surface area contributed by atoms with E-state index in [0.29, 0.717) is 6.61 Å². The first kappa shape index (κ1) is 17.0. The van der Waals surface area contributed by atoms with Gasteiger partial charge in [0.25, 0.3) is 5.91 Å². The summed E-state index contributed by atoms with van der Waals surface area (Å²) in [6, 6.07) is 13.6. The van der Waals surface area contributed by atoms with Gasteiger partial charge in [-0.2, -0.15) is 0 Å². The van der Waals surface area contributed by atoms with Gasteiger partial charge in [0.15, 0.2) is 6.61 Å². The van der Waals surface area contributed by atoms with Gasteiger partial charge in [0, 0.05) is 5.69 Å². The number of aryl methyl sites for hydroxylation is 2. The van der Waals surface area contributed by atoms with Gasteiger partial charge in [0.2, 0.25) is 0 Å². The van der Waals surface area contributed by atoms with E-state index < -0.39 is 0 Å². The number of anilines is 1. The molecule has 0 bridgehead atoms. The Bertz CT molecular complexity index is 754. The first-order valence-electron chi connectivity index (χ1n) is 8.54. The van der Waals surface area contributed by atoms with E-state index in [1.807, 2.05) is 43.3 Å². The molecule has 1 amide bonds. The number of hydrogen-bond acceptors (Lipinski definition) is 4. The summed E-state index contributed by atoms with van der Waals surface area (Å²) in [5, 5.41) is 6.67. The third-order valence-electron chi connectivity index (χ3n) is 4.05. The molecule has 130 valence electrons. The molecule has 1 N–H and O–H groups in total. The Labute approximate surface area is 147 Å². The van der Waals surface area contributed by atoms with Crippen LogP contribution in [0.3, 0.4) is 0 Å². The quantitative estimate of drug-likeness (QED) is 0.620. The summed E-state index contributed by atoms with van der Waals surface area (Å²) in [6.45, 7) is 2.46. The molecule has 0 spiro atoms. The molecule has 0 saturated carbocycles. The maximum Gasteiger partial charge on any atom is 0.265 e. The second-order valence-corrected chi connectivity index (χ2v) is 5.90. The van der Waals surface area contributed by atoms with Gasteiger partial charge in [-0.15, -0.1) is 0 Å². The topological polar surface area (TPSA) is 59.9 Å². The third-order valence-corrected chi connectivity index (χ3v) is 4.05. The van der Waals surface area contributed by atoms with Crippen molar-refractivity contribution < 1.29 is 14.4 Å². The number of fused-ring (bicyclic) bond motifs is 1. The lowest BCUT2D eigenvalue weighted by molar-refractivity contribution is -0.120. The summed E-state index contributed by atoms with van der Waals surface area (Å²) >= 11 is 0. The normalized spacial score (nSPS) is 12.8. The van der Waals surface area contributed by atoms with Crippen molar-refractivity contribution in [1.82, 2.24) is 0 Å². The number of nitrogens with zero attached hydrogens (tertiary/aromatic N) is 1. The largest absolute Gasteiger partial charge is 0.494 e. The van der Waals surface area contributed by atoms with Crippen molar-refractivity contribution in [3.63, 3.8) is 0 Å². The van der Waals surface area contributed by atoms with Crippen LogP contribution in [0.4, 0.5) is 5.69 Å². The van der Waals surface area contributed by atoms with Crippen LogP contribution >= 0.6 is 0 Å². The van der Waals surface area contributed by atoms with Crippen LogP contribution in [0.25, 0.3) is 0 Å². The van der Waals surface area contributed by atoms with Crippen LogP contribution in [0.15, 0.2) is 47.6 Å². The molecule has 0 unspecified atom stereocenters. The van der Waals surface area contributed by atoms with E-state index in [4.69, 9.17) is 9.57 Å². The Morgan fingerprint density at radius 2 is 1.96 bits per heavy atom. The van der Waals surface area contributed by atoms with Gasteiger partial charge >= 0.3 is 0 Å². The number of amides is 1. The van der Waals surface area contributed by atoms with Crippen molar-refractivity contribution in [2.45, 2.75) is 26.2 Å². The molecular weight excluding hydrogens is 316 g/mol. The van der Waals surface area contributed by atoms with Crippen molar-refractivity contribution in [1.29, 1.82) is 0 Å². The summed E-state index contributed by atoms with van der Waals surface area (Å²) in [4.78, 5) is 17.0. The molecule has 0 heterocycles. The molecule has 0 radical (unpaired) electrons. The number of nitrogens with one attached hydrogen (secondary N) is 1. The van der Waals surface area contributed by atoms with E-state index in [0.717, 1.165) is 29.8 Å². The molecule has 0 atom stereocenters. The summed E-state index contributed by atoms with van der Waals surface area (Å²) in [5.74, 6) is 0.594. The molecule has 0 aromatic heterocycles. The molecular formula is C20H22N2O3. The van der Waals surface area contributed by atoms with Gasteiger partial charge < -0.3 is 14.9 Å². The SMILES string of the molecule is CCOc1ccc(/C=N\OCC(=O)Nc2ccc3c(c2)CCC3)cc1. The first-order chi connectivity index (χ1) is 12.2. The number of hydrogen-bond donors (Lipinski definition) is 1. The van der Waals surface area contributed by atoms with Crippen molar-refractivity contribution in [3.05, 3.63) is 59.2 Å². The van der Waals surface area contributed by atoms with Crippen LogP contribution in [0.2, 0.25) is 0 Å². The van der Waals surface area contributed by atoms with Crippen LogP contribution < -0.4 is 10.1 Å². The van der Waals surface area contributed by atoms with E-state index in [2.05, 4.69) is 16.5 Å². The zero-order valence-electron chi connectivity index (χ0n) is 14.3. The highest BCUT2D eigenvalue weighted by atomic mass is 16.6. The van der Waals surface area contributed by atoms with Crippen LogP contribution in [-0.4, -0.2) is 25.3 Å². The van der Waals surface area contributed by atoms with Gasteiger partial charge in [-0.1, -0.05) is 11.2 Å². The van der Waals surface area contributed by atoms with Gasteiger partial charge in [0.05, 0.1) is 12.8 Å². The molecule has 25 heavy (non-hydrogen) atoms. The number of carbonyl (C=O) groups excluding carboxylic acids is 1. The summed E-state index contributed by atoms with van der Waals surface area (Å²) in [7, 11) is 0. The van der Waals surface area contributed by atoms with E-state index in [-0.39, 0.29) is 12.5 Å². The Balaban J connectivity index is 1.44. The lowest BCUT2D eigenvalue weighted by Gasteiger charge is -2.06. The minimum atomic E-state index is -0.221. The molecule has 2 aromatic rings. The molecule has 0 saturated heterocycles. The fraction of sp³-hybridized carbons (Fsp3) is 0.300. The smallest absolute Gasteiger partial charge is 0.265 e. The molecule has 1 aliphatic carbocycles. The Morgan fingerprint density at radius 1 is 1.16 bits per heavy atom. The van der Waals surface area contributed by atoms with Crippen LogP contribution in [0.5, 0.6) is 5.75 Å². The molecule has 1 aliphatic rings. The molecule has 0 fully saturated rings. The highest BCUT2D eigenvalue weighted by Gasteiger charge is 2.11. The van der Waals surface area contributed by atoms with Gasteiger partial charge in [0.1, 0.15) is 5.75 Å². The van der Waals surface area contributed by atoms with Crippen molar-refractivity contribution in [2.24, 2.45) is 5.16 Å². The van der Waals surface area contributed by atoms with Crippen LogP contribution in [-0.2, 0) is 22.5 Å². The third kappa shape index (κ3) is 4.83. The maximum absolute atomic E-state index is 11.9. The van der Waals surface area contributed by atoms with E-state index in [1.54, 1.807) is 6.21 Å². The minimum absolute atomic E-state index is 0.120. The first-order valence-corrected chi connectivity index (χ1v) is 8.54. The zero-order chi connectivity index (χ0) is 17.5. The molecule has 2 aromatic carbocycles. The summed E-state index contributed by atoms with van der Waals surface area (Å²) in [6.07, 6.45) is 4.98. The lowest BCUT2D eigenvalue weighted by atomic mass is 10.1. The molecule has 0 aliphatic heterocycles. The summed E-state index contributed by atoms with van der Waals surface area (Å²) < 4.78 is 5.37. The summed E-state index contributed by atoms with van der Waals surface area (Å²) in [5.41, 5.74) is 4.40. The standard InChI is InChI=1S/C20H22N2O3/c1-2-24-19-10-6-15(7-11-19)13-21-25-14-20(23)22-18-9-8-16-4-3-5-17(16)12-18/h6-13H,2-5,14H2,1H3,(H,22,23)/b21-13-. The second-order valence-electron chi connectivity index (χ2n) is 5.90. The predicted molar refractivity (Wildman–Crippen MR) is 98.3 cm³/mol. The van der Waals surface area contributed by atoms with Crippen LogP contribution in [0.1, 0.15) is 30.0 Å². The highest BCUT2D eigenvalue weighted by Crippen LogP contribution is 2.24. The zero-order valence-corrected chi connectivity index (χ0v) is 14.3. The number of benzene rings is 2. The Kier molecular flexibility index (Phi) is 5.67. The van der Waals surface area contributed by atoms with Gasteiger partial charge in [-0.05, 0) is 79.3 Å². The fourth-order valence-electron chi connectivity index (χ4n) is 2.86. The molecule has 5 nitrogen and oxygen atoms in total.